The molecule has 0 fully saturated rings. The topological polar surface area (TPSA) is 23.8 Å². The molecule has 20 heavy (non-hydrogen) atoms. The molecule has 0 saturated carbocycles. The molecule has 2 rings (SSSR count). The third kappa shape index (κ3) is 8.70. The summed E-state index contributed by atoms with van der Waals surface area (Å²) in [6.07, 6.45) is 3.36. The van der Waals surface area contributed by atoms with E-state index in [9.17, 15) is 0 Å². The Kier molecular flexibility index (Phi) is 10.1. The summed E-state index contributed by atoms with van der Waals surface area (Å²) in [5.74, 6) is 0.560. The molecule has 0 heterocycles. The third-order valence-electron chi connectivity index (χ3n) is 3.01. The van der Waals surface area contributed by atoms with E-state index in [0.29, 0.717) is 11.6 Å². The Morgan fingerprint density at radius 3 is 1.70 bits per heavy atom. The molecule has 1 aliphatic carbocycles. The summed E-state index contributed by atoms with van der Waals surface area (Å²) >= 11 is 1.45. The second-order valence-corrected chi connectivity index (χ2v) is 17.9. The first-order valence-electron chi connectivity index (χ1n) is 6.82. The van der Waals surface area contributed by atoms with E-state index in [0.717, 1.165) is 0 Å². The molecule has 106 valence electrons. The molecular formula is C17H25HfNSi. The minimum atomic E-state index is 0.259. The van der Waals surface area contributed by atoms with Crippen LogP contribution in [-0.2, 0) is 23.0 Å². The van der Waals surface area contributed by atoms with Gasteiger partial charge in [-0.25, -0.2) is 5.57 Å². The number of nitrogens with one attached hydrogen (secondary N) is 1. The van der Waals surface area contributed by atoms with Crippen LogP contribution in [0.5, 0.6) is 0 Å². The number of rotatable bonds is 0. The van der Waals surface area contributed by atoms with Crippen LogP contribution < -0.4 is 0 Å². The molecule has 1 aliphatic rings. The van der Waals surface area contributed by atoms with Crippen molar-refractivity contribution in [2.45, 2.75) is 40.8 Å². The van der Waals surface area contributed by atoms with Crippen LogP contribution in [0, 0.1) is 12.0 Å². The summed E-state index contributed by atoms with van der Waals surface area (Å²) in [5.41, 5.74) is 12.1. The van der Waals surface area contributed by atoms with Crippen molar-refractivity contribution in [2.24, 2.45) is 5.92 Å². The molecule has 1 aromatic carbocycles. The Hall–Kier alpha value is -0.413. The van der Waals surface area contributed by atoms with Crippen LogP contribution in [0.2, 0.25) is 13.1 Å². The molecule has 0 bridgehead atoms. The minimum Gasteiger partial charge on any atom is -0.699 e. The zero-order valence-electron chi connectivity index (χ0n) is 13.5. The second-order valence-electron chi connectivity index (χ2n) is 5.17. The first-order chi connectivity index (χ1) is 9.25. The van der Waals surface area contributed by atoms with Crippen LogP contribution in [0.15, 0.2) is 47.1 Å². The monoisotopic (exact) mass is 451 g/mol. The van der Waals surface area contributed by atoms with Crippen LogP contribution in [0.4, 0.5) is 5.69 Å². The molecule has 1 nitrogen and oxygen atoms in total. The van der Waals surface area contributed by atoms with Crippen molar-refractivity contribution in [3.8, 4) is 0 Å². The molecule has 0 amide bonds. The van der Waals surface area contributed by atoms with Crippen molar-refractivity contribution in [3.05, 3.63) is 58.9 Å². The van der Waals surface area contributed by atoms with Gasteiger partial charge in [-0.1, -0.05) is 57.0 Å². The van der Waals surface area contributed by atoms with Crippen molar-refractivity contribution in [2.75, 3.05) is 0 Å². The maximum atomic E-state index is 7.00. The molecule has 0 saturated heterocycles. The molecule has 0 radical (unpaired) electrons. The van der Waals surface area contributed by atoms with Gasteiger partial charge in [-0.15, -0.1) is 12.6 Å². The predicted octanol–water partition coefficient (Wildman–Crippen LogP) is 5.88. The predicted molar refractivity (Wildman–Crippen MR) is 87.9 cm³/mol. The summed E-state index contributed by atoms with van der Waals surface area (Å²) in [5, 5.41) is 0. The first kappa shape index (κ1) is 19.6. The largest absolute Gasteiger partial charge is 0.699 e. The minimum absolute atomic E-state index is 0.259. The van der Waals surface area contributed by atoms with Crippen LogP contribution in [0.3, 0.4) is 0 Å². The first-order valence-corrected chi connectivity index (χ1v) is 14.7. The van der Waals surface area contributed by atoms with E-state index >= 15 is 0 Å². The van der Waals surface area contributed by atoms with Crippen LogP contribution in [0.25, 0.3) is 5.73 Å². The van der Waals surface area contributed by atoms with E-state index in [4.69, 9.17) is 5.73 Å². The van der Waals surface area contributed by atoms with E-state index in [1.165, 1.54) is 39.7 Å². The van der Waals surface area contributed by atoms with Crippen molar-refractivity contribution >= 4 is 11.2 Å². The molecular weight excluding hydrogens is 425 g/mol. The van der Waals surface area contributed by atoms with Gasteiger partial charge in [0.25, 0.3) is 0 Å². The molecule has 1 atom stereocenters. The summed E-state index contributed by atoms with van der Waals surface area (Å²) in [6, 6.07) is 9.10. The second kappa shape index (κ2) is 10.3. The SMILES string of the molecule is CC1=[C-]C(C)C(C)=C1C.C[Si](C)=[Hf+2].[NH-]c1ccccc1. The van der Waals surface area contributed by atoms with Gasteiger partial charge in [0, 0.05) is 0 Å². The maximum Gasteiger partial charge on any atom is -0.0624 e. The van der Waals surface area contributed by atoms with E-state index in [1.54, 1.807) is 12.1 Å². The van der Waals surface area contributed by atoms with E-state index < -0.39 is 0 Å². The quantitative estimate of drug-likeness (QED) is 0.349. The van der Waals surface area contributed by atoms with Crippen LogP contribution in [-0.4, -0.2) is 5.49 Å². The Bertz CT molecular complexity index is 485. The molecule has 1 unspecified atom stereocenters. The zero-order chi connectivity index (χ0) is 15.7. The molecule has 0 aromatic heterocycles. The van der Waals surface area contributed by atoms with Gasteiger partial charge in [0.2, 0.25) is 0 Å². The fraction of sp³-hybridized carbons (Fsp3) is 0.412. The van der Waals surface area contributed by atoms with E-state index in [2.05, 4.69) is 46.9 Å². The van der Waals surface area contributed by atoms with Crippen LogP contribution >= 0.6 is 0 Å². The van der Waals surface area contributed by atoms with E-state index in [1.807, 2.05) is 18.2 Å². The average molecular weight is 450 g/mol. The number of allylic oxidation sites excluding steroid dienone is 4. The molecule has 3 heteroatoms. The molecule has 0 spiro atoms. The maximum absolute atomic E-state index is 7.00. The number of benzene rings is 1. The Morgan fingerprint density at radius 1 is 1.10 bits per heavy atom. The summed E-state index contributed by atoms with van der Waals surface area (Å²) in [7, 11) is 0. The van der Waals surface area contributed by atoms with Crippen molar-refractivity contribution in [3.63, 3.8) is 0 Å². The summed E-state index contributed by atoms with van der Waals surface area (Å²) < 4.78 is 0. The van der Waals surface area contributed by atoms with Gasteiger partial charge < -0.3 is 5.73 Å². The Morgan fingerprint density at radius 2 is 1.55 bits per heavy atom. The van der Waals surface area contributed by atoms with Gasteiger partial charge in [0.15, 0.2) is 0 Å². The third-order valence-corrected chi connectivity index (χ3v) is 3.01. The van der Waals surface area contributed by atoms with Gasteiger partial charge >= 0.3 is 41.6 Å². The van der Waals surface area contributed by atoms with Gasteiger partial charge in [-0.2, -0.15) is 11.1 Å². The van der Waals surface area contributed by atoms with Gasteiger partial charge in [0.05, 0.1) is 0 Å². The van der Waals surface area contributed by atoms with Crippen molar-refractivity contribution < 1.29 is 23.0 Å². The summed E-state index contributed by atoms with van der Waals surface area (Å²) in [6.45, 7) is 13.3. The average Bonchev–Trinajstić information content (AvgIpc) is 2.57. The smallest absolute Gasteiger partial charge is 0.0624 e. The molecule has 1 aromatic rings. The van der Waals surface area contributed by atoms with Gasteiger partial charge in [-0.05, 0) is 0 Å². The fourth-order valence-corrected chi connectivity index (χ4v) is 1.60. The molecule has 1 N–H and O–H groups in total. The van der Waals surface area contributed by atoms with Crippen molar-refractivity contribution in [1.29, 1.82) is 0 Å². The van der Waals surface area contributed by atoms with Gasteiger partial charge in [0.1, 0.15) is 0 Å². The van der Waals surface area contributed by atoms with Gasteiger partial charge in [-0.3, -0.25) is 6.08 Å². The normalized spacial score (nSPS) is 16.6. The molecule has 0 aliphatic heterocycles. The Balaban J connectivity index is 0.000000293. The van der Waals surface area contributed by atoms with E-state index in [-0.39, 0.29) is 5.49 Å². The number of hydrogen-bond donors (Lipinski definition) is 0. The zero-order valence-corrected chi connectivity index (χ0v) is 18.1. The summed E-state index contributed by atoms with van der Waals surface area (Å²) in [4.78, 5) is 0. The fourth-order valence-electron chi connectivity index (χ4n) is 1.60. The Labute approximate surface area is 139 Å². The number of hydrogen-bond acceptors (Lipinski definition) is 0. The van der Waals surface area contributed by atoms with Crippen molar-refractivity contribution in [1.82, 2.24) is 0 Å². The standard InChI is InChI=1S/C9H13.C6H6N.C2H6Si.Hf/c1-6-5-7(2)9(4)8(6)3;7-6-4-2-1-3-5-6;1-3-2;/h6H,1-4H3;1-5,7H;1-2H3;/q2*-1;;+2. The van der Waals surface area contributed by atoms with Crippen LogP contribution in [0.1, 0.15) is 27.7 Å².